The van der Waals surface area contributed by atoms with E-state index in [0.29, 0.717) is 41.5 Å². The summed E-state index contributed by atoms with van der Waals surface area (Å²) in [6.45, 7) is 2.96. The summed E-state index contributed by atoms with van der Waals surface area (Å²) in [5.74, 6) is 0.728. The second kappa shape index (κ2) is 11.5. The number of ether oxygens (including phenoxy) is 2. The number of hydrogen-bond donors (Lipinski definition) is 1. The molecule has 2 aromatic rings. The van der Waals surface area contributed by atoms with Gasteiger partial charge in [-0.2, -0.15) is 9.41 Å². The molecule has 3 rings (SSSR count). The fourth-order valence-electron chi connectivity index (χ4n) is 3.49. The van der Waals surface area contributed by atoms with Crippen LogP contribution in [0.3, 0.4) is 0 Å². The molecular formula is C23H28ClN3O5S. The third kappa shape index (κ3) is 6.25. The lowest BCUT2D eigenvalue weighted by Crippen LogP contribution is -2.44. The predicted molar refractivity (Wildman–Crippen MR) is 127 cm³/mol. The van der Waals surface area contributed by atoms with E-state index in [0.717, 1.165) is 12.8 Å². The number of hydrogen-bond acceptors (Lipinski definition) is 6. The number of carbonyl (C=O) groups is 1. The second-order valence-corrected chi connectivity index (χ2v) is 9.90. The van der Waals surface area contributed by atoms with Crippen LogP contribution < -0.4 is 14.9 Å². The molecule has 0 aromatic heterocycles. The smallest absolute Gasteiger partial charge is 0.258 e. The zero-order valence-electron chi connectivity index (χ0n) is 18.7. The summed E-state index contributed by atoms with van der Waals surface area (Å²) in [7, 11) is -2.26. The fourth-order valence-corrected chi connectivity index (χ4v) is 5.27. The van der Waals surface area contributed by atoms with E-state index in [1.54, 1.807) is 25.3 Å². The highest BCUT2D eigenvalue weighted by Crippen LogP contribution is 2.28. The van der Waals surface area contributed by atoms with Crippen LogP contribution in [0, 0.1) is 0 Å². The molecule has 1 heterocycles. The maximum Gasteiger partial charge on any atom is 0.258 e. The van der Waals surface area contributed by atoms with Gasteiger partial charge in [-0.15, -0.1) is 0 Å². The number of nitrogens with zero attached hydrogens (tertiary/aromatic N) is 2. The van der Waals surface area contributed by atoms with Gasteiger partial charge in [0.15, 0.2) is 11.5 Å². The molecule has 0 aliphatic carbocycles. The normalized spacial score (nSPS) is 16.8. The summed E-state index contributed by atoms with van der Waals surface area (Å²) in [4.78, 5) is 12.8. The largest absolute Gasteiger partial charge is 0.493 e. The Bertz CT molecular complexity index is 1090. The molecule has 8 nitrogen and oxygen atoms in total. The molecule has 2 aromatic carbocycles. The van der Waals surface area contributed by atoms with Crippen molar-refractivity contribution in [2.24, 2.45) is 5.10 Å². The van der Waals surface area contributed by atoms with E-state index < -0.39 is 22.0 Å². The summed E-state index contributed by atoms with van der Waals surface area (Å²) < 4.78 is 38.3. The number of nitrogens with one attached hydrogen (secondary N) is 1. The van der Waals surface area contributed by atoms with Crippen molar-refractivity contribution in [3.8, 4) is 11.5 Å². The lowest BCUT2D eigenvalue weighted by Gasteiger charge is -2.22. The van der Waals surface area contributed by atoms with Gasteiger partial charge >= 0.3 is 0 Å². The van der Waals surface area contributed by atoms with E-state index in [-0.39, 0.29) is 11.4 Å². The number of hydrazone groups is 1. The molecule has 0 unspecified atom stereocenters. The maximum absolute atomic E-state index is 13.0. The number of halogens is 1. The van der Waals surface area contributed by atoms with Crippen molar-refractivity contribution < 1.29 is 22.7 Å². The maximum atomic E-state index is 13.0. The van der Waals surface area contributed by atoms with Crippen LogP contribution in [0.4, 0.5) is 0 Å². The Labute approximate surface area is 199 Å². The summed E-state index contributed by atoms with van der Waals surface area (Å²) in [5.41, 5.74) is 3.16. The average molecular weight is 494 g/mol. The molecule has 1 N–H and O–H groups in total. The molecular weight excluding hydrogens is 466 g/mol. The zero-order valence-corrected chi connectivity index (χ0v) is 20.2. The zero-order chi connectivity index (χ0) is 23.8. The number of rotatable bonds is 10. The highest BCUT2D eigenvalue weighted by Gasteiger charge is 2.39. The molecule has 10 heteroatoms. The van der Waals surface area contributed by atoms with Crippen molar-refractivity contribution in [2.75, 3.05) is 20.3 Å². The topological polar surface area (TPSA) is 97.3 Å². The summed E-state index contributed by atoms with van der Waals surface area (Å²) in [5, 5.41) is 4.45. The third-order valence-electron chi connectivity index (χ3n) is 5.26. The SMILES string of the molecule is CCCCOc1ccc(/C=N\NC(=O)[C@@H]2CCCN2S(=O)(=O)c2ccc(Cl)cc2)cc1OC. The van der Waals surface area contributed by atoms with Crippen LogP contribution in [0.2, 0.25) is 5.02 Å². The van der Waals surface area contributed by atoms with Crippen molar-refractivity contribution in [2.45, 2.75) is 43.5 Å². The first-order chi connectivity index (χ1) is 15.9. The van der Waals surface area contributed by atoms with Crippen LogP contribution in [0.25, 0.3) is 0 Å². The van der Waals surface area contributed by atoms with E-state index in [2.05, 4.69) is 17.5 Å². The van der Waals surface area contributed by atoms with E-state index in [1.165, 1.54) is 34.8 Å². The lowest BCUT2D eigenvalue weighted by molar-refractivity contribution is -0.124. The minimum absolute atomic E-state index is 0.100. The Morgan fingerprint density at radius 3 is 2.70 bits per heavy atom. The predicted octanol–water partition coefficient (Wildman–Crippen LogP) is 3.83. The van der Waals surface area contributed by atoms with Gasteiger partial charge < -0.3 is 9.47 Å². The summed E-state index contributed by atoms with van der Waals surface area (Å²) in [6, 6.07) is 10.4. The Kier molecular flexibility index (Phi) is 8.71. The quantitative estimate of drug-likeness (QED) is 0.308. The number of methoxy groups -OCH3 is 1. The highest BCUT2D eigenvalue weighted by atomic mass is 35.5. The number of unbranched alkanes of at least 4 members (excludes halogenated alkanes) is 1. The van der Waals surface area contributed by atoms with Gasteiger partial charge in [0.25, 0.3) is 5.91 Å². The van der Waals surface area contributed by atoms with Crippen LogP contribution in [0.5, 0.6) is 11.5 Å². The van der Waals surface area contributed by atoms with Crippen molar-refractivity contribution in [1.29, 1.82) is 0 Å². The van der Waals surface area contributed by atoms with Gasteiger partial charge in [0.2, 0.25) is 10.0 Å². The Hall–Kier alpha value is -2.62. The first kappa shape index (κ1) is 25.0. The van der Waals surface area contributed by atoms with Gasteiger partial charge in [0, 0.05) is 11.6 Å². The van der Waals surface area contributed by atoms with Crippen LogP contribution in [0.15, 0.2) is 52.5 Å². The average Bonchev–Trinajstić information content (AvgIpc) is 3.31. The number of benzene rings is 2. The van der Waals surface area contributed by atoms with Crippen LogP contribution in [-0.2, 0) is 14.8 Å². The van der Waals surface area contributed by atoms with E-state index >= 15 is 0 Å². The first-order valence-corrected chi connectivity index (χ1v) is 12.6. The van der Waals surface area contributed by atoms with Gasteiger partial charge in [-0.3, -0.25) is 4.79 Å². The first-order valence-electron chi connectivity index (χ1n) is 10.8. The molecule has 0 radical (unpaired) electrons. The minimum atomic E-state index is -3.82. The van der Waals surface area contributed by atoms with E-state index in [4.69, 9.17) is 21.1 Å². The number of carbonyl (C=O) groups excluding carboxylic acids is 1. The molecule has 1 amide bonds. The molecule has 0 saturated carbocycles. The minimum Gasteiger partial charge on any atom is -0.493 e. The molecule has 1 saturated heterocycles. The van der Waals surface area contributed by atoms with Gasteiger partial charge in [-0.25, -0.2) is 13.8 Å². The van der Waals surface area contributed by atoms with Crippen LogP contribution in [-0.4, -0.2) is 51.1 Å². The van der Waals surface area contributed by atoms with E-state index in [9.17, 15) is 13.2 Å². The molecule has 1 aliphatic rings. The fraction of sp³-hybridized carbons (Fsp3) is 0.391. The number of amides is 1. The lowest BCUT2D eigenvalue weighted by atomic mass is 10.2. The van der Waals surface area contributed by atoms with Crippen molar-refractivity contribution in [3.63, 3.8) is 0 Å². The van der Waals surface area contributed by atoms with E-state index in [1.807, 2.05) is 0 Å². The second-order valence-electron chi connectivity index (χ2n) is 7.57. The highest BCUT2D eigenvalue weighted by molar-refractivity contribution is 7.89. The Morgan fingerprint density at radius 1 is 1.24 bits per heavy atom. The molecule has 33 heavy (non-hydrogen) atoms. The van der Waals surface area contributed by atoms with Gasteiger partial charge in [0.05, 0.1) is 24.8 Å². The van der Waals surface area contributed by atoms with Crippen molar-refractivity contribution in [1.82, 2.24) is 9.73 Å². The van der Waals surface area contributed by atoms with Crippen molar-refractivity contribution in [3.05, 3.63) is 53.1 Å². The van der Waals surface area contributed by atoms with Crippen LogP contribution >= 0.6 is 11.6 Å². The molecule has 1 atom stereocenters. The summed E-state index contributed by atoms with van der Waals surface area (Å²) >= 11 is 5.86. The molecule has 1 aliphatic heterocycles. The van der Waals surface area contributed by atoms with Gasteiger partial charge in [-0.05, 0) is 67.3 Å². The Morgan fingerprint density at radius 2 is 2.00 bits per heavy atom. The standard InChI is InChI=1S/C23H28ClN3O5S/c1-3-4-14-32-21-12-7-17(15-22(21)31-2)16-25-26-23(28)20-6-5-13-27(20)33(29,30)19-10-8-18(24)9-11-19/h7-12,15-16,20H,3-6,13-14H2,1-2H3,(H,26,28)/b25-16-/t20-/m0/s1. The van der Waals surface area contributed by atoms with Gasteiger partial charge in [0.1, 0.15) is 6.04 Å². The third-order valence-corrected chi connectivity index (χ3v) is 7.43. The number of sulfonamides is 1. The molecule has 1 fully saturated rings. The van der Waals surface area contributed by atoms with Crippen LogP contribution in [0.1, 0.15) is 38.2 Å². The van der Waals surface area contributed by atoms with Crippen molar-refractivity contribution >= 4 is 33.7 Å². The molecule has 178 valence electrons. The Balaban J connectivity index is 1.65. The molecule has 0 spiro atoms. The van der Waals surface area contributed by atoms with Gasteiger partial charge in [-0.1, -0.05) is 24.9 Å². The summed E-state index contributed by atoms with van der Waals surface area (Å²) in [6.07, 6.45) is 4.47. The molecule has 0 bridgehead atoms. The monoisotopic (exact) mass is 493 g/mol.